The maximum Gasteiger partial charge on any atom is 0.157 e. The van der Waals surface area contributed by atoms with E-state index in [0.717, 1.165) is 42.1 Å². The van der Waals surface area contributed by atoms with Crippen LogP contribution in [-0.4, -0.2) is 13.7 Å². The average Bonchev–Trinajstić information content (AvgIpc) is 2.34. The number of benzene rings is 1. The lowest BCUT2D eigenvalue weighted by Gasteiger charge is -2.22. The van der Waals surface area contributed by atoms with Crippen LogP contribution in [0.5, 0.6) is 0 Å². The fourth-order valence-electron chi connectivity index (χ4n) is 2.44. The zero-order valence-electron chi connectivity index (χ0n) is 10.2. The summed E-state index contributed by atoms with van der Waals surface area (Å²) in [6.07, 6.45) is 4.86. The second kappa shape index (κ2) is 5.61. The maximum atomic E-state index is 12.3. The van der Waals surface area contributed by atoms with Gasteiger partial charge in [-0.2, -0.15) is 0 Å². The van der Waals surface area contributed by atoms with Gasteiger partial charge in [-0.25, -0.2) is 8.42 Å². The first-order valence-corrected chi connectivity index (χ1v) is 8.75. The Bertz CT molecular complexity index is 522. The number of hydrogen-bond acceptors (Lipinski definition) is 3. The van der Waals surface area contributed by atoms with Gasteiger partial charge in [-0.15, -0.1) is 0 Å². The van der Waals surface area contributed by atoms with E-state index in [4.69, 9.17) is 5.73 Å². The molecule has 18 heavy (non-hydrogen) atoms. The van der Waals surface area contributed by atoms with Crippen molar-refractivity contribution in [1.29, 1.82) is 0 Å². The molecule has 1 aromatic carbocycles. The molecule has 0 spiro atoms. The third kappa shape index (κ3) is 3.26. The molecule has 1 fully saturated rings. The lowest BCUT2D eigenvalue weighted by molar-refractivity contribution is 0.483. The summed E-state index contributed by atoms with van der Waals surface area (Å²) in [5.74, 6) is 0.110. The highest BCUT2D eigenvalue weighted by Crippen LogP contribution is 2.28. The predicted octanol–water partition coefficient (Wildman–Crippen LogP) is 3.28. The minimum absolute atomic E-state index is 0.110. The molecule has 1 aliphatic rings. The zero-order valence-corrected chi connectivity index (χ0v) is 12.6. The molecule has 5 heteroatoms. The van der Waals surface area contributed by atoms with Crippen LogP contribution < -0.4 is 5.73 Å². The summed E-state index contributed by atoms with van der Waals surface area (Å²) in [5.41, 5.74) is 7.09. The largest absolute Gasteiger partial charge is 0.399 e. The normalized spacial score (nSPS) is 17.8. The number of rotatable bonds is 3. The van der Waals surface area contributed by atoms with Crippen LogP contribution in [0.25, 0.3) is 0 Å². The van der Waals surface area contributed by atoms with E-state index >= 15 is 0 Å². The molecule has 1 aliphatic carbocycles. The Balaban J connectivity index is 2.16. The van der Waals surface area contributed by atoms with Gasteiger partial charge in [-0.1, -0.05) is 41.3 Å². The van der Waals surface area contributed by atoms with Crippen molar-refractivity contribution >= 4 is 31.5 Å². The molecule has 0 atom stereocenters. The van der Waals surface area contributed by atoms with E-state index in [1.165, 1.54) is 0 Å². The fourth-order valence-corrected chi connectivity index (χ4v) is 5.13. The summed E-state index contributed by atoms with van der Waals surface area (Å²) in [6, 6.07) is 5.29. The van der Waals surface area contributed by atoms with E-state index in [1.54, 1.807) is 18.2 Å². The summed E-state index contributed by atoms with van der Waals surface area (Å²) < 4.78 is 25.5. The Morgan fingerprint density at radius 2 is 1.89 bits per heavy atom. The lowest BCUT2D eigenvalue weighted by Crippen LogP contribution is -2.25. The highest BCUT2D eigenvalue weighted by atomic mass is 79.9. The summed E-state index contributed by atoms with van der Waals surface area (Å²) in [4.78, 5) is 0. The third-order valence-corrected chi connectivity index (χ3v) is 6.43. The van der Waals surface area contributed by atoms with Crippen LogP contribution in [0, 0.1) is 0 Å². The molecule has 2 N–H and O–H groups in total. The van der Waals surface area contributed by atoms with Gasteiger partial charge in [0, 0.05) is 10.2 Å². The van der Waals surface area contributed by atoms with Gasteiger partial charge in [0.05, 0.1) is 11.0 Å². The molecular weight excluding hydrogens is 314 g/mol. The van der Waals surface area contributed by atoms with Crippen LogP contribution in [0.1, 0.15) is 37.7 Å². The molecule has 3 nitrogen and oxygen atoms in total. The number of nitrogens with two attached hydrogens (primary N) is 1. The molecular formula is C13H18BrNO2S. The number of halogens is 1. The highest BCUT2D eigenvalue weighted by molar-refractivity contribution is 9.10. The second-order valence-corrected chi connectivity index (χ2v) is 8.05. The van der Waals surface area contributed by atoms with Crippen molar-refractivity contribution in [2.24, 2.45) is 0 Å². The Hall–Kier alpha value is -0.550. The third-order valence-electron chi connectivity index (χ3n) is 3.49. The first-order valence-electron chi connectivity index (χ1n) is 6.24. The average molecular weight is 332 g/mol. The van der Waals surface area contributed by atoms with Crippen LogP contribution >= 0.6 is 15.9 Å². The van der Waals surface area contributed by atoms with E-state index in [-0.39, 0.29) is 11.0 Å². The fraction of sp³-hybridized carbons (Fsp3) is 0.538. The maximum absolute atomic E-state index is 12.3. The summed E-state index contributed by atoms with van der Waals surface area (Å²) in [7, 11) is -3.04. The van der Waals surface area contributed by atoms with Crippen molar-refractivity contribution < 1.29 is 8.42 Å². The second-order valence-electron chi connectivity index (χ2n) is 4.92. The minimum atomic E-state index is -3.04. The van der Waals surface area contributed by atoms with Crippen molar-refractivity contribution in [3.05, 3.63) is 28.2 Å². The number of nitrogen functional groups attached to an aromatic ring is 1. The molecule has 2 rings (SSSR count). The van der Waals surface area contributed by atoms with Crippen LogP contribution in [-0.2, 0) is 15.6 Å². The van der Waals surface area contributed by atoms with Crippen LogP contribution in [0.2, 0.25) is 0 Å². The van der Waals surface area contributed by atoms with Crippen LogP contribution in [0.4, 0.5) is 5.69 Å². The van der Waals surface area contributed by atoms with Gasteiger partial charge >= 0.3 is 0 Å². The minimum Gasteiger partial charge on any atom is -0.399 e. The van der Waals surface area contributed by atoms with E-state index in [2.05, 4.69) is 15.9 Å². The molecule has 0 amide bonds. The van der Waals surface area contributed by atoms with Crippen LogP contribution in [0.3, 0.4) is 0 Å². The quantitative estimate of drug-likeness (QED) is 0.864. The predicted molar refractivity (Wildman–Crippen MR) is 78.1 cm³/mol. The van der Waals surface area contributed by atoms with E-state index < -0.39 is 9.84 Å². The summed E-state index contributed by atoms with van der Waals surface area (Å²) >= 11 is 3.38. The highest BCUT2D eigenvalue weighted by Gasteiger charge is 2.27. The molecule has 0 heterocycles. The van der Waals surface area contributed by atoms with Gasteiger partial charge in [0.2, 0.25) is 0 Å². The van der Waals surface area contributed by atoms with Gasteiger partial charge in [-0.3, -0.25) is 0 Å². The zero-order chi connectivity index (χ0) is 13.2. The van der Waals surface area contributed by atoms with Crippen LogP contribution in [0.15, 0.2) is 22.7 Å². The van der Waals surface area contributed by atoms with Crippen molar-refractivity contribution in [1.82, 2.24) is 0 Å². The monoisotopic (exact) mass is 331 g/mol. The molecule has 1 saturated carbocycles. The van der Waals surface area contributed by atoms with Crippen molar-refractivity contribution in [2.45, 2.75) is 43.1 Å². The van der Waals surface area contributed by atoms with E-state index in [9.17, 15) is 8.42 Å². The lowest BCUT2D eigenvalue weighted by atomic mass is 10.0. The van der Waals surface area contributed by atoms with Gasteiger partial charge in [0.1, 0.15) is 0 Å². The molecule has 0 saturated heterocycles. The van der Waals surface area contributed by atoms with Crippen molar-refractivity contribution in [3.63, 3.8) is 0 Å². The topological polar surface area (TPSA) is 60.2 Å². The number of hydrogen-bond donors (Lipinski definition) is 1. The molecule has 0 aliphatic heterocycles. The molecule has 0 unspecified atom stereocenters. The van der Waals surface area contributed by atoms with Crippen molar-refractivity contribution in [2.75, 3.05) is 5.73 Å². The number of sulfone groups is 1. The smallest absolute Gasteiger partial charge is 0.157 e. The first-order chi connectivity index (χ1) is 8.49. The number of anilines is 1. The Morgan fingerprint density at radius 3 is 2.50 bits per heavy atom. The van der Waals surface area contributed by atoms with Gasteiger partial charge in [-0.05, 0) is 30.5 Å². The Morgan fingerprint density at radius 1 is 1.22 bits per heavy atom. The summed E-state index contributed by atoms with van der Waals surface area (Å²) in [6.45, 7) is 0. The molecule has 100 valence electrons. The standard InChI is InChI=1S/C13H18BrNO2S/c14-13-8-11(15)7-6-10(13)9-18(16,17)12-4-2-1-3-5-12/h6-8,12H,1-5,9,15H2. The molecule has 0 bridgehead atoms. The molecule has 0 aromatic heterocycles. The Kier molecular flexibility index (Phi) is 4.33. The van der Waals surface area contributed by atoms with E-state index in [0.29, 0.717) is 5.69 Å². The van der Waals surface area contributed by atoms with Gasteiger partial charge in [0.15, 0.2) is 9.84 Å². The van der Waals surface area contributed by atoms with Gasteiger partial charge in [0.25, 0.3) is 0 Å². The summed E-state index contributed by atoms with van der Waals surface area (Å²) in [5, 5.41) is -0.157. The molecule has 0 radical (unpaired) electrons. The molecule has 1 aromatic rings. The van der Waals surface area contributed by atoms with Crippen molar-refractivity contribution in [3.8, 4) is 0 Å². The van der Waals surface area contributed by atoms with Gasteiger partial charge < -0.3 is 5.73 Å². The Labute approximate surface area is 117 Å². The first kappa shape index (κ1) is 13.9. The van der Waals surface area contributed by atoms with E-state index in [1.807, 2.05) is 0 Å². The SMILES string of the molecule is Nc1ccc(CS(=O)(=O)C2CCCCC2)c(Br)c1.